The minimum absolute atomic E-state index is 0.190. The molecule has 0 spiro atoms. The lowest BCUT2D eigenvalue weighted by Crippen LogP contribution is -2.32. The Morgan fingerprint density at radius 1 is 1.19 bits per heavy atom. The summed E-state index contributed by atoms with van der Waals surface area (Å²) in [7, 11) is 0. The van der Waals surface area contributed by atoms with E-state index in [1.165, 1.54) is 12.3 Å². The zero-order chi connectivity index (χ0) is 19.8. The molecule has 1 heterocycles. The molecule has 2 amide bonds. The fourth-order valence-electron chi connectivity index (χ4n) is 2.12. The molecule has 1 unspecified atom stereocenters. The van der Waals surface area contributed by atoms with E-state index < -0.39 is 35.1 Å². The van der Waals surface area contributed by atoms with Crippen LogP contribution in [0, 0.1) is 28.9 Å². The second-order valence-electron chi connectivity index (χ2n) is 5.36. The van der Waals surface area contributed by atoms with Crippen molar-refractivity contribution < 1.29 is 23.2 Å². The molecule has 7 nitrogen and oxygen atoms in total. The van der Waals surface area contributed by atoms with E-state index in [4.69, 9.17) is 5.26 Å². The van der Waals surface area contributed by atoms with Gasteiger partial charge in [0.2, 0.25) is 0 Å². The number of pyridine rings is 1. The lowest BCUT2D eigenvalue weighted by molar-refractivity contribution is -0.128. The lowest BCUT2D eigenvalue weighted by atomic mass is 10.0. The van der Waals surface area contributed by atoms with Crippen LogP contribution in [0.3, 0.4) is 0 Å². The fourth-order valence-corrected chi connectivity index (χ4v) is 2.12. The number of rotatable bonds is 7. The minimum atomic E-state index is -1.58. The highest BCUT2D eigenvalue weighted by Gasteiger charge is 2.26. The van der Waals surface area contributed by atoms with Crippen LogP contribution in [0.1, 0.15) is 16.8 Å². The zero-order valence-electron chi connectivity index (χ0n) is 13.9. The highest BCUT2D eigenvalue weighted by atomic mass is 19.1. The van der Waals surface area contributed by atoms with Crippen LogP contribution in [0.5, 0.6) is 0 Å². The summed E-state index contributed by atoms with van der Waals surface area (Å²) < 4.78 is 26.4. The van der Waals surface area contributed by atoms with Gasteiger partial charge in [-0.25, -0.2) is 13.8 Å². The third-order valence-electron chi connectivity index (χ3n) is 3.46. The van der Waals surface area contributed by atoms with Crippen molar-refractivity contribution in [2.75, 3.05) is 11.9 Å². The molecule has 9 heteroatoms. The van der Waals surface area contributed by atoms with Crippen molar-refractivity contribution >= 4 is 23.4 Å². The molecule has 1 aromatic heterocycles. The number of nitrogens with one attached hydrogen (secondary N) is 2. The molecule has 138 valence electrons. The molecule has 0 radical (unpaired) electrons. The van der Waals surface area contributed by atoms with E-state index >= 15 is 0 Å². The largest absolute Gasteiger partial charge is 0.352 e. The molecule has 1 aromatic carbocycles. The standard InChI is InChI=1S/C18H14F2N4O3/c19-11-4-5-12(14(20)9-11)17(26)23-8-6-15(25)13(10-21)18(27)24-16-3-1-2-7-22-16/h1-5,7,9,13H,6,8H2,(H,23,26)(H,22,24,27). The normalized spacial score (nSPS) is 11.1. The van der Waals surface area contributed by atoms with E-state index in [9.17, 15) is 23.2 Å². The van der Waals surface area contributed by atoms with Crippen molar-refractivity contribution in [1.82, 2.24) is 10.3 Å². The Labute approximate surface area is 153 Å². The summed E-state index contributed by atoms with van der Waals surface area (Å²) in [6.45, 7) is -0.219. The number of ketones is 1. The molecule has 0 fully saturated rings. The van der Waals surface area contributed by atoms with Gasteiger partial charge in [-0.05, 0) is 24.3 Å². The first-order valence-electron chi connectivity index (χ1n) is 7.80. The maximum absolute atomic E-state index is 13.5. The molecule has 2 N–H and O–H groups in total. The van der Waals surface area contributed by atoms with Gasteiger partial charge < -0.3 is 10.6 Å². The van der Waals surface area contributed by atoms with Crippen LogP contribution < -0.4 is 10.6 Å². The second-order valence-corrected chi connectivity index (χ2v) is 5.36. The molecule has 0 aliphatic heterocycles. The SMILES string of the molecule is N#CC(C(=O)CCNC(=O)c1ccc(F)cc1F)C(=O)Nc1ccccn1. The summed E-state index contributed by atoms with van der Waals surface area (Å²) >= 11 is 0. The van der Waals surface area contributed by atoms with Crippen LogP contribution >= 0.6 is 0 Å². The molecular formula is C18H14F2N4O3. The fraction of sp³-hybridized carbons (Fsp3) is 0.167. The molecule has 0 saturated carbocycles. The van der Waals surface area contributed by atoms with Gasteiger partial charge >= 0.3 is 0 Å². The Kier molecular flexibility index (Phi) is 6.66. The predicted molar refractivity (Wildman–Crippen MR) is 90.3 cm³/mol. The summed E-state index contributed by atoms with van der Waals surface area (Å²) in [5.41, 5.74) is -0.381. The molecule has 2 aromatic rings. The van der Waals surface area contributed by atoms with Gasteiger partial charge in [0.05, 0.1) is 11.6 Å². The number of hydrogen-bond donors (Lipinski definition) is 2. The van der Waals surface area contributed by atoms with Crippen molar-refractivity contribution in [3.05, 3.63) is 59.8 Å². The van der Waals surface area contributed by atoms with E-state index in [1.54, 1.807) is 18.2 Å². The maximum atomic E-state index is 13.5. The van der Waals surface area contributed by atoms with E-state index in [1.807, 2.05) is 0 Å². The number of hydrogen-bond acceptors (Lipinski definition) is 5. The Morgan fingerprint density at radius 2 is 1.96 bits per heavy atom. The molecule has 0 aliphatic rings. The van der Waals surface area contributed by atoms with Crippen molar-refractivity contribution in [3.63, 3.8) is 0 Å². The summed E-state index contributed by atoms with van der Waals surface area (Å²) in [5.74, 6) is -5.64. The molecule has 0 bridgehead atoms. The van der Waals surface area contributed by atoms with Crippen molar-refractivity contribution in [2.45, 2.75) is 6.42 Å². The van der Waals surface area contributed by atoms with Crippen LogP contribution in [0.15, 0.2) is 42.6 Å². The van der Waals surface area contributed by atoms with E-state index in [2.05, 4.69) is 15.6 Å². The Hall–Kier alpha value is -3.67. The number of benzene rings is 1. The van der Waals surface area contributed by atoms with Crippen LogP contribution in [0.2, 0.25) is 0 Å². The first kappa shape index (κ1) is 19.7. The predicted octanol–water partition coefficient (Wildman–Crippen LogP) is 1.83. The van der Waals surface area contributed by atoms with E-state index in [0.717, 1.165) is 12.1 Å². The van der Waals surface area contributed by atoms with Gasteiger partial charge in [-0.2, -0.15) is 5.26 Å². The van der Waals surface area contributed by atoms with Crippen LogP contribution in [0.4, 0.5) is 14.6 Å². The quantitative estimate of drug-likeness (QED) is 0.720. The highest BCUT2D eigenvalue weighted by molar-refractivity contribution is 6.09. The molecule has 1 atom stereocenters. The molecule has 0 aliphatic carbocycles. The number of halogens is 2. The molecule has 0 saturated heterocycles. The highest BCUT2D eigenvalue weighted by Crippen LogP contribution is 2.10. The van der Waals surface area contributed by atoms with Crippen LogP contribution in [-0.2, 0) is 9.59 Å². The van der Waals surface area contributed by atoms with E-state index in [-0.39, 0.29) is 24.3 Å². The summed E-state index contributed by atoms with van der Waals surface area (Å²) in [6, 6.07) is 8.82. The van der Waals surface area contributed by atoms with Crippen LogP contribution in [0.25, 0.3) is 0 Å². The average Bonchev–Trinajstić information content (AvgIpc) is 2.63. The van der Waals surface area contributed by atoms with Gasteiger partial charge in [0.15, 0.2) is 11.7 Å². The summed E-state index contributed by atoms with van der Waals surface area (Å²) in [4.78, 5) is 39.8. The van der Waals surface area contributed by atoms with Gasteiger partial charge in [0.25, 0.3) is 11.8 Å². The maximum Gasteiger partial charge on any atom is 0.254 e. The third-order valence-corrected chi connectivity index (χ3v) is 3.46. The number of carbonyl (C=O) groups is 3. The molecule has 2 rings (SSSR count). The number of amides is 2. The van der Waals surface area contributed by atoms with Gasteiger partial charge in [-0.15, -0.1) is 0 Å². The van der Waals surface area contributed by atoms with Crippen molar-refractivity contribution in [2.24, 2.45) is 5.92 Å². The topological polar surface area (TPSA) is 112 Å². The second kappa shape index (κ2) is 9.15. The number of carbonyl (C=O) groups excluding carboxylic acids is 3. The monoisotopic (exact) mass is 372 g/mol. The first-order chi connectivity index (χ1) is 12.9. The number of anilines is 1. The Morgan fingerprint density at radius 3 is 2.59 bits per heavy atom. The summed E-state index contributed by atoms with van der Waals surface area (Å²) in [6.07, 6.45) is 1.12. The Balaban J connectivity index is 1.88. The number of nitriles is 1. The molecule has 27 heavy (non-hydrogen) atoms. The van der Waals surface area contributed by atoms with Gasteiger partial charge in [-0.1, -0.05) is 6.07 Å². The summed E-state index contributed by atoms with van der Waals surface area (Å²) in [5, 5.41) is 13.7. The number of Topliss-reactive ketones (excluding diaryl/α,β-unsaturated/α-hetero) is 1. The zero-order valence-corrected chi connectivity index (χ0v) is 13.9. The van der Waals surface area contributed by atoms with E-state index in [0.29, 0.717) is 6.07 Å². The lowest BCUT2D eigenvalue weighted by Gasteiger charge is -2.10. The van der Waals surface area contributed by atoms with Gasteiger partial charge in [0.1, 0.15) is 17.5 Å². The number of nitrogens with zero attached hydrogens (tertiary/aromatic N) is 2. The van der Waals surface area contributed by atoms with Crippen molar-refractivity contribution in [1.29, 1.82) is 5.26 Å². The van der Waals surface area contributed by atoms with Gasteiger partial charge in [-0.3, -0.25) is 14.4 Å². The smallest absolute Gasteiger partial charge is 0.254 e. The first-order valence-corrected chi connectivity index (χ1v) is 7.80. The third kappa shape index (κ3) is 5.40. The van der Waals surface area contributed by atoms with Gasteiger partial charge in [0, 0.05) is 25.2 Å². The average molecular weight is 372 g/mol. The Bertz CT molecular complexity index is 897. The molecular weight excluding hydrogens is 358 g/mol. The number of aromatic nitrogens is 1. The minimum Gasteiger partial charge on any atom is -0.352 e. The van der Waals surface area contributed by atoms with Crippen LogP contribution in [-0.4, -0.2) is 29.1 Å². The van der Waals surface area contributed by atoms with Crippen molar-refractivity contribution in [3.8, 4) is 6.07 Å².